The van der Waals surface area contributed by atoms with E-state index in [1.54, 1.807) is 0 Å². The Balaban J connectivity index is 3.58. The number of hydrogen-bond donors (Lipinski definition) is 1. The third-order valence-electron chi connectivity index (χ3n) is 1.84. The van der Waals surface area contributed by atoms with Crippen LogP contribution in [0.5, 0.6) is 0 Å². The molecule has 0 aromatic carbocycles. The molecule has 0 saturated heterocycles. The summed E-state index contributed by atoms with van der Waals surface area (Å²) in [6.45, 7) is 5.18. The molecule has 0 rings (SSSR count). The lowest BCUT2D eigenvalue weighted by molar-refractivity contribution is 0.374. The van der Waals surface area contributed by atoms with Crippen molar-refractivity contribution in [3.63, 3.8) is 0 Å². The standard InChI is InChI=1S/C6H16NP/c1-3-6(2,4-7)5-8/h3-5,7-8H2,1-2H3. The summed E-state index contributed by atoms with van der Waals surface area (Å²) >= 11 is 0. The summed E-state index contributed by atoms with van der Waals surface area (Å²) < 4.78 is 0. The Morgan fingerprint density at radius 3 is 2.12 bits per heavy atom. The minimum Gasteiger partial charge on any atom is -0.330 e. The smallest absolute Gasteiger partial charge is 0.00201 e. The SMILES string of the molecule is CCC(C)(CN)CP. The van der Waals surface area contributed by atoms with E-state index < -0.39 is 0 Å². The molecule has 0 fully saturated rings. The van der Waals surface area contributed by atoms with Gasteiger partial charge in [0, 0.05) is 0 Å². The topological polar surface area (TPSA) is 26.0 Å². The molecule has 0 aliphatic rings. The lowest BCUT2D eigenvalue weighted by Gasteiger charge is -2.23. The van der Waals surface area contributed by atoms with Crippen LogP contribution in [0.2, 0.25) is 0 Å². The summed E-state index contributed by atoms with van der Waals surface area (Å²) in [4.78, 5) is 0. The summed E-state index contributed by atoms with van der Waals surface area (Å²) in [5, 5.41) is 0. The van der Waals surface area contributed by atoms with E-state index in [-0.39, 0.29) is 0 Å². The van der Waals surface area contributed by atoms with Gasteiger partial charge in [-0.2, -0.15) is 0 Å². The Morgan fingerprint density at radius 1 is 1.62 bits per heavy atom. The lowest BCUT2D eigenvalue weighted by atomic mass is 9.90. The van der Waals surface area contributed by atoms with E-state index in [4.69, 9.17) is 5.73 Å². The molecule has 2 heteroatoms. The van der Waals surface area contributed by atoms with Gasteiger partial charge in [0.1, 0.15) is 0 Å². The molecule has 0 aliphatic carbocycles. The number of rotatable bonds is 3. The van der Waals surface area contributed by atoms with Gasteiger partial charge >= 0.3 is 0 Å². The monoisotopic (exact) mass is 133 g/mol. The van der Waals surface area contributed by atoms with E-state index in [1.165, 1.54) is 6.42 Å². The van der Waals surface area contributed by atoms with Crippen LogP contribution in [-0.2, 0) is 0 Å². The first-order valence-electron chi connectivity index (χ1n) is 3.08. The molecule has 1 nitrogen and oxygen atoms in total. The van der Waals surface area contributed by atoms with Crippen molar-refractivity contribution in [2.24, 2.45) is 11.1 Å². The van der Waals surface area contributed by atoms with Crippen LogP contribution < -0.4 is 5.73 Å². The maximum absolute atomic E-state index is 5.51. The van der Waals surface area contributed by atoms with Crippen molar-refractivity contribution in [3.05, 3.63) is 0 Å². The summed E-state index contributed by atoms with van der Waals surface area (Å²) in [6.07, 6.45) is 2.28. The predicted octanol–water partition coefficient (Wildman–Crippen LogP) is 1.24. The first-order chi connectivity index (χ1) is 3.68. The average molecular weight is 133 g/mol. The van der Waals surface area contributed by atoms with Gasteiger partial charge in [0.05, 0.1) is 0 Å². The van der Waals surface area contributed by atoms with Crippen molar-refractivity contribution in [1.82, 2.24) is 0 Å². The summed E-state index contributed by atoms with van der Waals surface area (Å²) in [7, 11) is 2.73. The van der Waals surface area contributed by atoms with Gasteiger partial charge in [-0.25, -0.2) is 0 Å². The maximum Gasteiger partial charge on any atom is -0.00201 e. The van der Waals surface area contributed by atoms with Crippen LogP contribution in [0.15, 0.2) is 0 Å². The summed E-state index contributed by atoms with van der Waals surface area (Å²) in [5.41, 5.74) is 5.88. The summed E-state index contributed by atoms with van der Waals surface area (Å²) in [6, 6.07) is 0. The minimum atomic E-state index is 0.366. The number of nitrogens with two attached hydrogens (primary N) is 1. The molecule has 0 radical (unpaired) electrons. The maximum atomic E-state index is 5.51. The Bertz CT molecular complexity index is 51.3. The zero-order valence-electron chi connectivity index (χ0n) is 5.78. The van der Waals surface area contributed by atoms with Gasteiger partial charge in [-0.3, -0.25) is 0 Å². The molecule has 0 saturated carbocycles. The van der Waals surface area contributed by atoms with Crippen LogP contribution in [0.1, 0.15) is 20.3 Å². The van der Waals surface area contributed by atoms with E-state index in [2.05, 4.69) is 23.1 Å². The molecule has 0 heterocycles. The second kappa shape index (κ2) is 3.42. The molecule has 0 aromatic rings. The highest BCUT2D eigenvalue weighted by molar-refractivity contribution is 7.16. The molecule has 0 aliphatic heterocycles. The highest BCUT2D eigenvalue weighted by Crippen LogP contribution is 2.21. The molecule has 8 heavy (non-hydrogen) atoms. The van der Waals surface area contributed by atoms with Crippen LogP contribution in [-0.4, -0.2) is 12.7 Å². The van der Waals surface area contributed by atoms with E-state index in [1.807, 2.05) is 0 Å². The molecule has 50 valence electrons. The van der Waals surface area contributed by atoms with Crippen LogP contribution in [0.25, 0.3) is 0 Å². The predicted molar refractivity (Wildman–Crippen MR) is 42.0 cm³/mol. The molecular weight excluding hydrogens is 117 g/mol. The lowest BCUT2D eigenvalue weighted by Crippen LogP contribution is -2.27. The van der Waals surface area contributed by atoms with Gasteiger partial charge in [0.25, 0.3) is 0 Å². The van der Waals surface area contributed by atoms with Gasteiger partial charge < -0.3 is 5.73 Å². The van der Waals surface area contributed by atoms with Gasteiger partial charge in [0.15, 0.2) is 0 Å². The quantitative estimate of drug-likeness (QED) is 0.576. The molecule has 0 aromatic heterocycles. The molecule has 2 atom stereocenters. The van der Waals surface area contributed by atoms with E-state index in [0.717, 1.165) is 12.7 Å². The van der Waals surface area contributed by atoms with Crippen molar-refractivity contribution in [2.45, 2.75) is 20.3 Å². The van der Waals surface area contributed by atoms with Gasteiger partial charge in [-0.05, 0) is 24.5 Å². The fourth-order valence-electron chi connectivity index (χ4n) is 0.372. The van der Waals surface area contributed by atoms with E-state index in [0.29, 0.717) is 5.41 Å². The largest absolute Gasteiger partial charge is 0.330 e. The average Bonchev–Trinajstić information content (AvgIpc) is 1.87. The zero-order valence-corrected chi connectivity index (χ0v) is 6.93. The molecule has 2 N–H and O–H groups in total. The van der Waals surface area contributed by atoms with Crippen molar-refractivity contribution < 1.29 is 0 Å². The molecule has 2 unspecified atom stereocenters. The minimum absolute atomic E-state index is 0.366. The Hall–Kier alpha value is 0.390. The first-order valence-corrected chi connectivity index (χ1v) is 3.90. The van der Waals surface area contributed by atoms with Crippen LogP contribution in [0.3, 0.4) is 0 Å². The van der Waals surface area contributed by atoms with Crippen LogP contribution in [0, 0.1) is 5.41 Å². The van der Waals surface area contributed by atoms with Gasteiger partial charge in [0.2, 0.25) is 0 Å². The van der Waals surface area contributed by atoms with E-state index >= 15 is 0 Å². The molecule has 0 spiro atoms. The third-order valence-corrected chi connectivity index (χ3v) is 2.82. The molecule has 0 bridgehead atoms. The van der Waals surface area contributed by atoms with E-state index in [9.17, 15) is 0 Å². The fraction of sp³-hybridized carbons (Fsp3) is 1.00. The second-order valence-electron chi connectivity index (χ2n) is 2.57. The van der Waals surface area contributed by atoms with Crippen molar-refractivity contribution in [3.8, 4) is 0 Å². The highest BCUT2D eigenvalue weighted by Gasteiger charge is 2.15. The zero-order chi connectivity index (χ0) is 6.62. The van der Waals surface area contributed by atoms with Gasteiger partial charge in [-0.15, -0.1) is 9.24 Å². The Morgan fingerprint density at radius 2 is 2.12 bits per heavy atom. The van der Waals surface area contributed by atoms with Crippen molar-refractivity contribution in [1.29, 1.82) is 0 Å². The van der Waals surface area contributed by atoms with Crippen molar-refractivity contribution >= 4 is 9.24 Å². The van der Waals surface area contributed by atoms with Crippen LogP contribution >= 0.6 is 9.24 Å². The normalized spacial score (nSPS) is 18.0. The first kappa shape index (κ1) is 8.39. The van der Waals surface area contributed by atoms with Gasteiger partial charge in [-0.1, -0.05) is 13.8 Å². The molecule has 0 amide bonds. The number of hydrogen-bond acceptors (Lipinski definition) is 1. The van der Waals surface area contributed by atoms with Crippen LogP contribution in [0.4, 0.5) is 0 Å². The highest BCUT2D eigenvalue weighted by atomic mass is 31.0. The third kappa shape index (κ3) is 2.11. The summed E-state index contributed by atoms with van der Waals surface area (Å²) in [5.74, 6) is 0. The Kier molecular flexibility index (Phi) is 3.59. The Labute approximate surface area is 54.2 Å². The fourth-order valence-corrected chi connectivity index (χ4v) is 0.827. The second-order valence-corrected chi connectivity index (χ2v) is 2.98. The van der Waals surface area contributed by atoms with Crippen molar-refractivity contribution in [2.75, 3.05) is 12.7 Å². The molecular formula is C6H16NP.